The number of piperidine rings is 1. The van der Waals surface area contributed by atoms with Crippen molar-refractivity contribution in [2.24, 2.45) is 5.92 Å². The van der Waals surface area contributed by atoms with Gasteiger partial charge in [0.05, 0.1) is 12.1 Å². The summed E-state index contributed by atoms with van der Waals surface area (Å²) in [6.45, 7) is 3.47. The Labute approximate surface area is 134 Å². The van der Waals surface area contributed by atoms with Gasteiger partial charge in [-0.25, -0.2) is 14.5 Å². The summed E-state index contributed by atoms with van der Waals surface area (Å²) < 4.78 is 1.69. The second-order valence-electron chi connectivity index (χ2n) is 5.90. The van der Waals surface area contributed by atoms with E-state index in [-0.39, 0.29) is 18.4 Å². The lowest BCUT2D eigenvalue weighted by Gasteiger charge is -2.41. The monoisotopic (exact) mass is 313 g/mol. The maximum atomic E-state index is 12.0. The normalized spacial score (nSPS) is 21.2. The lowest BCUT2D eigenvalue weighted by Crippen LogP contribution is -2.52. The third-order valence-corrected chi connectivity index (χ3v) is 4.51. The van der Waals surface area contributed by atoms with Gasteiger partial charge in [-0.1, -0.05) is 6.92 Å². The molecule has 0 aliphatic carbocycles. The highest BCUT2D eigenvalue weighted by Gasteiger charge is 2.32. The number of imidazole rings is 1. The second-order valence-corrected chi connectivity index (χ2v) is 5.90. The predicted octanol–water partition coefficient (Wildman–Crippen LogP) is 0.711. The maximum Gasteiger partial charge on any atom is 0.236 e. The number of fused-ring (bicyclic) bond motifs is 1. The minimum Gasteiger partial charge on any atom is -0.351 e. The van der Waals surface area contributed by atoms with Crippen LogP contribution >= 0.6 is 0 Å². The van der Waals surface area contributed by atoms with Crippen molar-refractivity contribution in [1.29, 1.82) is 5.26 Å². The Balaban J connectivity index is 1.85. The molecule has 3 rings (SSSR count). The van der Waals surface area contributed by atoms with E-state index < -0.39 is 0 Å². The van der Waals surface area contributed by atoms with Crippen molar-refractivity contribution < 1.29 is 4.79 Å². The van der Waals surface area contributed by atoms with E-state index in [1.165, 1.54) is 6.33 Å². The third kappa shape index (κ3) is 2.82. The van der Waals surface area contributed by atoms with E-state index in [0.717, 1.165) is 12.2 Å². The average Bonchev–Trinajstić information content (AvgIpc) is 3.03. The molecule has 0 bridgehead atoms. The molecule has 0 N–H and O–H groups in total. The fraction of sp³-hybridized carbons (Fsp3) is 0.533. The number of aromatic nitrogens is 4. The van der Waals surface area contributed by atoms with Crippen LogP contribution in [0.4, 0.5) is 5.82 Å². The van der Waals surface area contributed by atoms with Crippen LogP contribution in [0.1, 0.15) is 19.8 Å². The first kappa shape index (κ1) is 15.2. The molecule has 0 unspecified atom stereocenters. The van der Waals surface area contributed by atoms with Crippen LogP contribution in [0, 0.1) is 17.2 Å². The summed E-state index contributed by atoms with van der Waals surface area (Å²) in [7, 11) is 1.97. The van der Waals surface area contributed by atoms with Gasteiger partial charge in [0, 0.05) is 32.5 Å². The molecule has 120 valence electrons. The summed E-state index contributed by atoms with van der Waals surface area (Å²) in [4.78, 5) is 24.6. The molecule has 2 aromatic heterocycles. The average molecular weight is 313 g/mol. The fourth-order valence-electron chi connectivity index (χ4n) is 3.11. The van der Waals surface area contributed by atoms with E-state index >= 15 is 0 Å². The zero-order valence-corrected chi connectivity index (χ0v) is 13.3. The molecule has 8 heteroatoms. The van der Waals surface area contributed by atoms with E-state index in [1.54, 1.807) is 21.8 Å². The van der Waals surface area contributed by atoms with Crippen molar-refractivity contribution >= 4 is 17.4 Å². The Morgan fingerprint density at radius 3 is 3.13 bits per heavy atom. The fourth-order valence-corrected chi connectivity index (χ4v) is 3.11. The highest BCUT2D eigenvalue weighted by atomic mass is 16.2. The molecule has 3 heterocycles. The van der Waals surface area contributed by atoms with Gasteiger partial charge in [-0.05, 0) is 12.3 Å². The largest absolute Gasteiger partial charge is 0.351 e. The molecule has 1 amide bonds. The molecule has 23 heavy (non-hydrogen) atoms. The van der Waals surface area contributed by atoms with Crippen LogP contribution in [-0.2, 0) is 4.79 Å². The molecule has 0 aromatic carbocycles. The summed E-state index contributed by atoms with van der Waals surface area (Å²) in [5, 5.41) is 12.9. The van der Waals surface area contributed by atoms with Crippen molar-refractivity contribution in [3.05, 3.63) is 18.7 Å². The SMILES string of the molecule is C[C@@H]1CCN(C(=O)CC#N)C[C@@H]1N(C)c1ncnn2ccnc12. The van der Waals surface area contributed by atoms with Crippen LogP contribution in [-0.4, -0.2) is 56.6 Å². The van der Waals surface area contributed by atoms with Crippen LogP contribution < -0.4 is 4.90 Å². The van der Waals surface area contributed by atoms with Crippen LogP contribution in [0.3, 0.4) is 0 Å². The van der Waals surface area contributed by atoms with Crippen molar-refractivity contribution in [2.75, 3.05) is 25.0 Å². The molecule has 1 fully saturated rings. The second kappa shape index (κ2) is 6.20. The number of carbonyl (C=O) groups is 1. The number of likely N-dealkylation sites (N-methyl/N-ethyl adjacent to an activating group) is 1. The van der Waals surface area contributed by atoms with E-state index in [4.69, 9.17) is 5.26 Å². The van der Waals surface area contributed by atoms with E-state index in [1.807, 2.05) is 13.1 Å². The van der Waals surface area contributed by atoms with Crippen molar-refractivity contribution in [3.8, 4) is 6.07 Å². The maximum absolute atomic E-state index is 12.0. The molecule has 0 radical (unpaired) electrons. The first-order valence-corrected chi connectivity index (χ1v) is 7.63. The number of hydrogen-bond acceptors (Lipinski definition) is 6. The van der Waals surface area contributed by atoms with Crippen molar-refractivity contribution in [3.63, 3.8) is 0 Å². The summed E-state index contributed by atoms with van der Waals surface area (Å²) in [6, 6.07) is 2.06. The highest BCUT2D eigenvalue weighted by Crippen LogP contribution is 2.26. The summed E-state index contributed by atoms with van der Waals surface area (Å²) in [6.07, 6.45) is 5.81. The van der Waals surface area contributed by atoms with Gasteiger partial charge in [0.25, 0.3) is 0 Å². The number of carbonyl (C=O) groups excluding carboxylic acids is 1. The summed E-state index contributed by atoms with van der Waals surface area (Å²) in [5.74, 6) is 1.05. The number of hydrogen-bond donors (Lipinski definition) is 0. The minimum absolute atomic E-state index is 0.0666. The quantitative estimate of drug-likeness (QED) is 0.829. The molecule has 1 aliphatic heterocycles. The van der Waals surface area contributed by atoms with E-state index in [9.17, 15) is 4.79 Å². The molecular weight excluding hydrogens is 294 g/mol. The van der Waals surface area contributed by atoms with Gasteiger partial charge in [0.2, 0.25) is 5.91 Å². The summed E-state index contributed by atoms with van der Waals surface area (Å²) >= 11 is 0. The number of anilines is 1. The smallest absolute Gasteiger partial charge is 0.236 e. The molecule has 0 saturated carbocycles. The lowest BCUT2D eigenvalue weighted by molar-refractivity contribution is -0.131. The number of nitrogens with zero attached hydrogens (tertiary/aromatic N) is 7. The lowest BCUT2D eigenvalue weighted by atomic mass is 9.92. The Morgan fingerprint density at radius 2 is 2.35 bits per heavy atom. The predicted molar refractivity (Wildman–Crippen MR) is 83.6 cm³/mol. The first-order valence-electron chi connectivity index (χ1n) is 7.63. The zero-order chi connectivity index (χ0) is 16.4. The molecule has 2 aromatic rings. The Hall–Kier alpha value is -2.69. The highest BCUT2D eigenvalue weighted by molar-refractivity contribution is 5.78. The Kier molecular flexibility index (Phi) is 4.10. The molecular formula is C15H19N7O. The van der Waals surface area contributed by atoms with Crippen LogP contribution in [0.25, 0.3) is 5.65 Å². The van der Waals surface area contributed by atoms with Gasteiger partial charge < -0.3 is 9.80 Å². The third-order valence-electron chi connectivity index (χ3n) is 4.51. The molecule has 1 aliphatic rings. The topological polar surface area (TPSA) is 90.4 Å². The van der Waals surface area contributed by atoms with Crippen LogP contribution in [0.5, 0.6) is 0 Å². The van der Waals surface area contributed by atoms with Gasteiger partial charge in [0.15, 0.2) is 11.5 Å². The van der Waals surface area contributed by atoms with Gasteiger partial charge in [0.1, 0.15) is 12.7 Å². The van der Waals surface area contributed by atoms with Crippen molar-refractivity contribution in [1.82, 2.24) is 24.5 Å². The minimum atomic E-state index is -0.105. The first-order chi connectivity index (χ1) is 11.1. The number of nitriles is 1. The van der Waals surface area contributed by atoms with Crippen molar-refractivity contribution in [2.45, 2.75) is 25.8 Å². The number of amides is 1. The van der Waals surface area contributed by atoms with Crippen LogP contribution in [0.15, 0.2) is 18.7 Å². The Morgan fingerprint density at radius 1 is 1.52 bits per heavy atom. The van der Waals surface area contributed by atoms with E-state index in [2.05, 4.69) is 26.9 Å². The Bertz CT molecular complexity index is 750. The van der Waals surface area contributed by atoms with Gasteiger partial charge in [-0.15, -0.1) is 0 Å². The number of rotatable bonds is 3. The summed E-state index contributed by atoms with van der Waals surface area (Å²) in [5.41, 5.74) is 0.697. The standard InChI is InChI=1S/C15H19N7O/c1-11-4-7-21(13(23)3-5-16)9-12(11)20(2)14-15-17-6-8-22(15)19-10-18-14/h6,8,10-12H,3-4,7,9H2,1-2H3/t11-,12+/m1/s1. The van der Waals surface area contributed by atoms with Crippen LogP contribution in [0.2, 0.25) is 0 Å². The molecule has 0 spiro atoms. The van der Waals surface area contributed by atoms with E-state index in [0.29, 0.717) is 24.7 Å². The molecule has 2 atom stereocenters. The molecule has 1 saturated heterocycles. The molecule has 8 nitrogen and oxygen atoms in total. The zero-order valence-electron chi connectivity index (χ0n) is 13.3. The number of likely N-dealkylation sites (tertiary alicyclic amines) is 1. The van der Waals surface area contributed by atoms with Gasteiger partial charge >= 0.3 is 0 Å². The van der Waals surface area contributed by atoms with Gasteiger partial charge in [-0.2, -0.15) is 10.4 Å². The van der Waals surface area contributed by atoms with Gasteiger partial charge in [-0.3, -0.25) is 4.79 Å².